The Labute approximate surface area is 86.1 Å². The van der Waals surface area contributed by atoms with Crippen LogP contribution in [0.1, 0.15) is 24.8 Å². The summed E-state index contributed by atoms with van der Waals surface area (Å²) < 4.78 is 4.88. The summed E-state index contributed by atoms with van der Waals surface area (Å²) in [7, 11) is 0. The molecule has 0 aliphatic carbocycles. The summed E-state index contributed by atoms with van der Waals surface area (Å²) in [6, 6.07) is 7.53. The molecule has 15 heavy (non-hydrogen) atoms. The Morgan fingerprint density at radius 2 is 2.40 bits per heavy atom. The molecule has 2 rings (SSSR count). The van der Waals surface area contributed by atoms with Crippen LogP contribution in [-0.4, -0.2) is 4.98 Å². The first-order valence-electron chi connectivity index (χ1n) is 4.77. The second-order valence-electron chi connectivity index (χ2n) is 3.36. The van der Waals surface area contributed by atoms with Crippen molar-refractivity contribution < 1.29 is 4.42 Å². The van der Waals surface area contributed by atoms with Crippen molar-refractivity contribution in [2.45, 2.75) is 19.3 Å². The fraction of sp³-hybridized carbons (Fsp3) is 0.273. The maximum atomic E-state index is 10.9. The maximum Gasteiger partial charge on any atom is 0.417 e. The van der Waals surface area contributed by atoms with Crippen LogP contribution in [0.4, 0.5) is 0 Å². The summed E-state index contributed by atoms with van der Waals surface area (Å²) in [5, 5.41) is 8.91. The number of oxazole rings is 1. The standard InChI is InChI=1S/C11H10N2O2/c1-2-7(6-12)8-3-4-10-9(5-8)13-11(14)15-10/h3-5,7H,2H2,1H3,(H,13,14). The van der Waals surface area contributed by atoms with E-state index in [0.717, 1.165) is 12.0 Å². The SMILES string of the molecule is CCC(C#N)c1ccc2oc(=O)[nH]c2c1. The third-order valence-corrected chi connectivity index (χ3v) is 2.41. The fourth-order valence-corrected chi connectivity index (χ4v) is 1.59. The first-order valence-corrected chi connectivity index (χ1v) is 4.77. The zero-order chi connectivity index (χ0) is 10.8. The second-order valence-corrected chi connectivity index (χ2v) is 3.36. The molecule has 0 aliphatic heterocycles. The lowest BCUT2D eigenvalue weighted by Crippen LogP contribution is -1.94. The van der Waals surface area contributed by atoms with Crippen LogP contribution in [0.2, 0.25) is 0 Å². The van der Waals surface area contributed by atoms with E-state index < -0.39 is 5.76 Å². The van der Waals surface area contributed by atoms with Gasteiger partial charge in [-0.15, -0.1) is 0 Å². The number of nitriles is 1. The number of fused-ring (bicyclic) bond motifs is 1. The van der Waals surface area contributed by atoms with Gasteiger partial charge in [0.15, 0.2) is 5.58 Å². The second kappa shape index (κ2) is 3.62. The van der Waals surface area contributed by atoms with Gasteiger partial charge in [0.1, 0.15) is 0 Å². The molecular formula is C11H10N2O2. The van der Waals surface area contributed by atoms with E-state index in [4.69, 9.17) is 9.68 Å². The van der Waals surface area contributed by atoms with Gasteiger partial charge in [0.05, 0.1) is 17.5 Å². The predicted molar refractivity (Wildman–Crippen MR) is 55.5 cm³/mol. The highest BCUT2D eigenvalue weighted by molar-refractivity contribution is 5.73. The minimum absolute atomic E-state index is 0.132. The lowest BCUT2D eigenvalue weighted by atomic mass is 9.98. The Morgan fingerprint density at radius 3 is 3.07 bits per heavy atom. The zero-order valence-corrected chi connectivity index (χ0v) is 8.28. The number of aromatic amines is 1. The third kappa shape index (κ3) is 1.64. The Balaban J connectivity index is 2.56. The van der Waals surface area contributed by atoms with Gasteiger partial charge in [0.2, 0.25) is 0 Å². The monoisotopic (exact) mass is 202 g/mol. The number of nitrogens with one attached hydrogen (secondary N) is 1. The highest BCUT2D eigenvalue weighted by Gasteiger charge is 2.09. The fourth-order valence-electron chi connectivity index (χ4n) is 1.59. The molecule has 1 aromatic carbocycles. The molecule has 0 saturated carbocycles. The van der Waals surface area contributed by atoms with E-state index in [1.165, 1.54) is 0 Å². The summed E-state index contributed by atoms with van der Waals surface area (Å²) in [5.41, 5.74) is 2.08. The van der Waals surface area contributed by atoms with Crippen molar-refractivity contribution in [1.82, 2.24) is 4.98 Å². The number of benzene rings is 1. The number of nitrogens with zero attached hydrogens (tertiary/aromatic N) is 1. The van der Waals surface area contributed by atoms with Crippen molar-refractivity contribution in [3.05, 3.63) is 34.3 Å². The Bertz CT molecular complexity index is 574. The lowest BCUT2D eigenvalue weighted by Gasteiger charge is -2.04. The van der Waals surface area contributed by atoms with Gasteiger partial charge >= 0.3 is 5.76 Å². The summed E-state index contributed by atoms with van der Waals surface area (Å²) in [6.07, 6.45) is 0.754. The average molecular weight is 202 g/mol. The first-order chi connectivity index (χ1) is 7.24. The number of hydrogen-bond acceptors (Lipinski definition) is 3. The van der Waals surface area contributed by atoms with Crippen LogP contribution in [0.15, 0.2) is 27.4 Å². The summed E-state index contributed by atoms with van der Waals surface area (Å²) in [4.78, 5) is 13.5. The molecule has 1 unspecified atom stereocenters. The number of hydrogen-bond donors (Lipinski definition) is 1. The van der Waals surface area contributed by atoms with E-state index in [-0.39, 0.29) is 5.92 Å². The van der Waals surface area contributed by atoms with Crippen molar-refractivity contribution in [3.8, 4) is 6.07 Å². The molecule has 0 amide bonds. The molecule has 1 aromatic heterocycles. The molecular weight excluding hydrogens is 192 g/mol. The molecule has 0 radical (unpaired) electrons. The topological polar surface area (TPSA) is 69.8 Å². The molecule has 0 fully saturated rings. The summed E-state index contributed by atoms with van der Waals surface area (Å²) in [5.74, 6) is -0.597. The quantitative estimate of drug-likeness (QED) is 0.810. The van der Waals surface area contributed by atoms with E-state index in [1.54, 1.807) is 12.1 Å². The smallest absolute Gasteiger partial charge is 0.408 e. The van der Waals surface area contributed by atoms with Gasteiger partial charge in [0, 0.05) is 0 Å². The molecule has 0 bridgehead atoms. The highest BCUT2D eigenvalue weighted by atomic mass is 16.4. The van der Waals surface area contributed by atoms with Crippen LogP contribution in [0, 0.1) is 11.3 Å². The van der Waals surface area contributed by atoms with Crippen molar-refractivity contribution in [3.63, 3.8) is 0 Å². The Kier molecular flexibility index (Phi) is 2.30. The summed E-state index contributed by atoms with van der Waals surface area (Å²) >= 11 is 0. The molecule has 0 aliphatic rings. The zero-order valence-electron chi connectivity index (χ0n) is 8.28. The van der Waals surface area contributed by atoms with Crippen molar-refractivity contribution >= 4 is 11.1 Å². The van der Waals surface area contributed by atoms with Crippen LogP contribution < -0.4 is 5.76 Å². The molecule has 4 nitrogen and oxygen atoms in total. The highest BCUT2D eigenvalue weighted by Crippen LogP contribution is 2.21. The normalized spacial score (nSPS) is 12.5. The van der Waals surface area contributed by atoms with E-state index in [0.29, 0.717) is 11.1 Å². The minimum Gasteiger partial charge on any atom is -0.408 e. The number of H-pyrrole nitrogens is 1. The van der Waals surface area contributed by atoms with Crippen LogP contribution in [0.5, 0.6) is 0 Å². The van der Waals surface area contributed by atoms with Gasteiger partial charge in [-0.1, -0.05) is 13.0 Å². The molecule has 1 N–H and O–H groups in total. The van der Waals surface area contributed by atoms with Gasteiger partial charge in [-0.3, -0.25) is 4.98 Å². The van der Waals surface area contributed by atoms with Crippen molar-refractivity contribution in [2.75, 3.05) is 0 Å². The molecule has 0 saturated heterocycles. The lowest BCUT2D eigenvalue weighted by molar-refractivity contribution is 0.555. The molecule has 0 spiro atoms. The Hall–Kier alpha value is -2.02. The van der Waals surface area contributed by atoms with Crippen LogP contribution in [-0.2, 0) is 0 Å². The van der Waals surface area contributed by atoms with Gasteiger partial charge in [-0.25, -0.2) is 4.79 Å². The van der Waals surface area contributed by atoms with Gasteiger partial charge in [0.25, 0.3) is 0 Å². The van der Waals surface area contributed by atoms with Crippen molar-refractivity contribution in [2.24, 2.45) is 0 Å². The van der Waals surface area contributed by atoms with Gasteiger partial charge in [-0.2, -0.15) is 5.26 Å². The van der Waals surface area contributed by atoms with Gasteiger partial charge < -0.3 is 4.42 Å². The number of aromatic nitrogens is 1. The minimum atomic E-state index is -0.466. The molecule has 2 aromatic rings. The van der Waals surface area contributed by atoms with Crippen LogP contribution >= 0.6 is 0 Å². The van der Waals surface area contributed by atoms with Crippen molar-refractivity contribution in [1.29, 1.82) is 5.26 Å². The van der Waals surface area contributed by atoms with E-state index >= 15 is 0 Å². The molecule has 76 valence electrons. The third-order valence-electron chi connectivity index (χ3n) is 2.41. The van der Waals surface area contributed by atoms with Crippen LogP contribution in [0.3, 0.4) is 0 Å². The summed E-state index contributed by atoms with van der Waals surface area (Å²) in [6.45, 7) is 1.95. The van der Waals surface area contributed by atoms with Crippen LogP contribution in [0.25, 0.3) is 11.1 Å². The molecule has 1 heterocycles. The molecule has 1 atom stereocenters. The van der Waals surface area contributed by atoms with E-state index in [2.05, 4.69) is 11.1 Å². The Morgan fingerprint density at radius 1 is 1.60 bits per heavy atom. The van der Waals surface area contributed by atoms with E-state index in [1.807, 2.05) is 13.0 Å². The number of rotatable bonds is 2. The molecule has 4 heteroatoms. The van der Waals surface area contributed by atoms with E-state index in [9.17, 15) is 4.79 Å². The predicted octanol–water partition coefficient (Wildman–Crippen LogP) is 2.14. The van der Waals surface area contributed by atoms with Gasteiger partial charge in [-0.05, 0) is 24.1 Å². The largest absolute Gasteiger partial charge is 0.417 e. The first kappa shape index (κ1) is 9.53. The average Bonchev–Trinajstić information content (AvgIpc) is 2.59. The maximum absolute atomic E-state index is 10.9.